The molecule has 0 saturated carbocycles. The van der Waals surface area contributed by atoms with Crippen LogP contribution in [0.25, 0.3) is 11.1 Å². The number of aromatic nitrogens is 1. The fraction of sp³-hybridized carbons (Fsp3) is 0.435. The van der Waals surface area contributed by atoms with Crippen molar-refractivity contribution in [2.75, 3.05) is 12.8 Å². The summed E-state index contributed by atoms with van der Waals surface area (Å²) in [5.41, 5.74) is 1.46. The minimum atomic E-state index is -4.68. The lowest BCUT2D eigenvalue weighted by atomic mass is 9.98. The van der Waals surface area contributed by atoms with E-state index < -0.39 is 34.0 Å². The zero-order valence-corrected chi connectivity index (χ0v) is 20.1. The molecule has 0 fully saturated rings. The van der Waals surface area contributed by atoms with Crippen LogP contribution in [-0.2, 0) is 14.6 Å². The summed E-state index contributed by atoms with van der Waals surface area (Å²) in [5.74, 6) is -0.735. The minimum absolute atomic E-state index is 0.0555. The van der Waals surface area contributed by atoms with Gasteiger partial charge in [0.1, 0.15) is 12.6 Å². The Bertz CT molecular complexity index is 1160. The molecule has 2 N–H and O–H groups in total. The molecule has 7 nitrogen and oxygen atoms in total. The second-order valence-electron chi connectivity index (χ2n) is 8.44. The quantitative estimate of drug-likeness (QED) is 0.512. The number of sulfone groups is 1. The summed E-state index contributed by atoms with van der Waals surface area (Å²) in [6.07, 6.45) is -2.12. The molecule has 0 unspecified atom stereocenters. The normalized spacial score (nSPS) is 13.9. The highest BCUT2D eigenvalue weighted by Gasteiger charge is 2.42. The van der Waals surface area contributed by atoms with Gasteiger partial charge < -0.3 is 5.32 Å². The highest BCUT2D eigenvalue weighted by molar-refractivity contribution is 7.90. The van der Waals surface area contributed by atoms with E-state index in [1.165, 1.54) is 30.5 Å². The van der Waals surface area contributed by atoms with E-state index in [4.69, 9.17) is 5.26 Å². The van der Waals surface area contributed by atoms with Crippen LogP contribution in [0.2, 0.25) is 0 Å². The summed E-state index contributed by atoms with van der Waals surface area (Å²) in [4.78, 5) is 16.3. The fourth-order valence-electron chi connectivity index (χ4n) is 3.53. The second kappa shape index (κ2) is 11.0. The van der Waals surface area contributed by atoms with Gasteiger partial charge in [-0.1, -0.05) is 38.1 Å². The molecule has 1 amide bonds. The van der Waals surface area contributed by atoms with E-state index in [0.29, 0.717) is 16.7 Å². The Kier molecular flexibility index (Phi) is 8.80. The summed E-state index contributed by atoms with van der Waals surface area (Å²) in [5, 5.41) is 13.3. The molecule has 0 saturated heterocycles. The number of amides is 1. The largest absolute Gasteiger partial charge is 0.407 e. The van der Waals surface area contributed by atoms with Gasteiger partial charge in [0.15, 0.2) is 14.9 Å². The third-order valence-electron chi connectivity index (χ3n) is 5.02. The molecule has 1 aromatic heterocycles. The molecule has 11 heteroatoms. The molecule has 0 aliphatic heterocycles. The van der Waals surface area contributed by atoms with Crippen molar-refractivity contribution in [1.29, 1.82) is 5.26 Å². The Morgan fingerprint density at radius 1 is 1.18 bits per heavy atom. The number of hydrogen-bond acceptors (Lipinski definition) is 6. The van der Waals surface area contributed by atoms with Gasteiger partial charge in [-0.05, 0) is 42.0 Å². The zero-order chi connectivity index (χ0) is 25.7. The van der Waals surface area contributed by atoms with Gasteiger partial charge in [0, 0.05) is 18.0 Å². The summed E-state index contributed by atoms with van der Waals surface area (Å²) in [6.45, 7) is 4.87. The number of nitriles is 1. The van der Waals surface area contributed by atoms with Gasteiger partial charge in [-0.15, -0.1) is 0 Å². The summed E-state index contributed by atoms with van der Waals surface area (Å²) in [7, 11) is -3.50. The van der Waals surface area contributed by atoms with Crippen LogP contribution >= 0.6 is 0 Å². The molecule has 2 rings (SSSR count). The number of alkyl halides is 3. The number of halogens is 3. The molecule has 0 aliphatic rings. The smallest absolute Gasteiger partial charge is 0.342 e. The first-order chi connectivity index (χ1) is 15.7. The number of benzene rings is 1. The van der Waals surface area contributed by atoms with Gasteiger partial charge >= 0.3 is 6.18 Å². The van der Waals surface area contributed by atoms with Crippen molar-refractivity contribution in [3.63, 3.8) is 0 Å². The molecule has 2 aromatic rings. The number of hydrogen-bond donors (Lipinski definition) is 2. The maximum absolute atomic E-state index is 13.9. The molecule has 1 heterocycles. The number of carbonyl (C=O) groups is 1. The Morgan fingerprint density at radius 3 is 2.26 bits per heavy atom. The summed E-state index contributed by atoms with van der Waals surface area (Å²) < 4.78 is 65.3. The molecule has 0 aliphatic carbocycles. The van der Waals surface area contributed by atoms with Gasteiger partial charge in [0.05, 0.1) is 12.1 Å². The van der Waals surface area contributed by atoms with E-state index in [9.17, 15) is 26.4 Å². The maximum Gasteiger partial charge on any atom is 0.407 e. The predicted molar refractivity (Wildman–Crippen MR) is 121 cm³/mol. The number of aryl methyl sites for hydroxylation is 1. The molecule has 2 atom stereocenters. The van der Waals surface area contributed by atoms with Crippen LogP contribution in [0.4, 0.5) is 13.2 Å². The van der Waals surface area contributed by atoms with Crippen LogP contribution in [0, 0.1) is 24.2 Å². The predicted octanol–water partition coefficient (Wildman–Crippen LogP) is 3.71. The van der Waals surface area contributed by atoms with Gasteiger partial charge in [0.25, 0.3) is 0 Å². The van der Waals surface area contributed by atoms with E-state index in [-0.39, 0.29) is 29.5 Å². The molecule has 1 aromatic carbocycles. The van der Waals surface area contributed by atoms with Gasteiger partial charge in [-0.25, -0.2) is 13.4 Å². The SMILES string of the molecule is Cc1cc(-c2ccc([C@H](N[C@@H](CC(C)C)C(=O)NCC#N)C(F)(F)F)cc2)cnc1S(C)(=O)=O. The number of carbonyl (C=O) groups excluding carboxylic acids is 1. The van der Waals surface area contributed by atoms with Crippen molar-refractivity contribution in [2.45, 2.75) is 50.5 Å². The molecular weight excluding hydrogens is 469 g/mol. The van der Waals surface area contributed by atoms with Crippen molar-refractivity contribution in [3.8, 4) is 17.2 Å². The monoisotopic (exact) mass is 496 g/mol. The van der Waals surface area contributed by atoms with Crippen molar-refractivity contribution in [1.82, 2.24) is 15.6 Å². The van der Waals surface area contributed by atoms with Crippen LogP contribution < -0.4 is 10.6 Å². The van der Waals surface area contributed by atoms with Crippen molar-refractivity contribution in [2.24, 2.45) is 5.92 Å². The fourth-order valence-corrected chi connectivity index (χ4v) is 4.42. The lowest BCUT2D eigenvalue weighted by Crippen LogP contribution is -2.49. The topological polar surface area (TPSA) is 112 Å². The van der Waals surface area contributed by atoms with E-state index in [1.54, 1.807) is 32.9 Å². The van der Waals surface area contributed by atoms with Gasteiger partial charge in [0.2, 0.25) is 5.91 Å². The van der Waals surface area contributed by atoms with Crippen LogP contribution in [0.15, 0.2) is 41.6 Å². The number of nitrogens with one attached hydrogen (secondary N) is 2. The molecule has 0 spiro atoms. The van der Waals surface area contributed by atoms with Crippen molar-refractivity contribution in [3.05, 3.63) is 47.7 Å². The molecule has 34 heavy (non-hydrogen) atoms. The summed E-state index contributed by atoms with van der Waals surface area (Å²) >= 11 is 0. The van der Waals surface area contributed by atoms with E-state index in [0.717, 1.165) is 6.26 Å². The number of pyridine rings is 1. The van der Waals surface area contributed by atoms with Crippen molar-refractivity contribution >= 4 is 15.7 Å². The van der Waals surface area contributed by atoms with Crippen LogP contribution in [0.3, 0.4) is 0 Å². The van der Waals surface area contributed by atoms with E-state index >= 15 is 0 Å². The average Bonchev–Trinajstić information content (AvgIpc) is 2.73. The molecule has 0 radical (unpaired) electrons. The number of nitrogens with zero attached hydrogens (tertiary/aromatic N) is 2. The molecular formula is C23H27F3N4O3S. The Labute approximate surface area is 197 Å². The van der Waals surface area contributed by atoms with Gasteiger partial charge in [-0.2, -0.15) is 18.4 Å². The zero-order valence-electron chi connectivity index (χ0n) is 19.3. The second-order valence-corrected chi connectivity index (χ2v) is 10.4. The van der Waals surface area contributed by atoms with E-state index in [2.05, 4.69) is 15.6 Å². The molecule has 0 bridgehead atoms. The number of rotatable bonds is 9. The van der Waals surface area contributed by atoms with Gasteiger partial charge in [-0.3, -0.25) is 10.1 Å². The standard InChI is InChI=1S/C23H27F3N4O3S/c1-14(2)11-19(21(31)28-10-9-27)30-20(23(24,25)26)17-7-5-16(6-8-17)18-12-15(3)22(29-13-18)34(4,32)33/h5-8,12-14,19-20,30H,10-11H2,1-4H3,(H,28,31)/t19-,20-/m0/s1. The lowest BCUT2D eigenvalue weighted by molar-refractivity contribution is -0.161. The summed E-state index contributed by atoms with van der Waals surface area (Å²) in [6, 6.07) is 5.68. The Morgan fingerprint density at radius 2 is 1.79 bits per heavy atom. The van der Waals surface area contributed by atoms with Crippen molar-refractivity contribution < 1.29 is 26.4 Å². The van der Waals surface area contributed by atoms with Crippen LogP contribution in [-0.4, -0.2) is 44.3 Å². The third-order valence-corrected chi connectivity index (χ3v) is 6.15. The molecule has 184 valence electrons. The first kappa shape index (κ1) is 27.3. The highest BCUT2D eigenvalue weighted by atomic mass is 32.2. The average molecular weight is 497 g/mol. The lowest BCUT2D eigenvalue weighted by Gasteiger charge is -2.28. The van der Waals surface area contributed by atoms with E-state index in [1.807, 2.05) is 0 Å². The highest BCUT2D eigenvalue weighted by Crippen LogP contribution is 2.34. The first-order valence-electron chi connectivity index (χ1n) is 10.5. The Balaban J connectivity index is 2.35. The van der Waals surface area contributed by atoms with Crippen LogP contribution in [0.1, 0.15) is 37.4 Å². The van der Waals surface area contributed by atoms with Crippen LogP contribution in [0.5, 0.6) is 0 Å². The maximum atomic E-state index is 13.9. The Hall–Kier alpha value is -2.97. The minimum Gasteiger partial charge on any atom is -0.342 e. The first-order valence-corrected chi connectivity index (χ1v) is 12.4. The third kappa shape index (κ3) is 7.27.